The van der Waals surface area contributed by atoms with Gasteiger partial charge >= 0.3 is 0 Å². The fourth-order valence-corrected chi connectivity index (χ4v) is 3.86. The highest BCUT2D eigenvalue weighted by atomic mass is 16.5. The first-order valence-corrected chi connectivity index (χ1v) is 10.2. The number of hydrogen-bond acceptors (Lipinski definition) is 4. The molecular weight excluding hydrogens is 368 g/mol. The monoisotopic (exact) mass is 394 g/mol. The van der Waals surface area contributed by atoms with Gasteiger partial charge in [-0.3, -0.25) is 9.59 Å². The summed E-state index contributed by atoms with van der Waals surface area (Å²) < 4.78 is 11.5. The number of rotatable bonds is 6. The third kappa shape index (κ3) is 4.21. The Morgan fingerprint density at radius 1 is 1.28 bits per heavy atom. The molecule has 0 radical (unpaired) electrons. The molecular formula is C23H26N2O4. The van der Waals surface area contributed by atoms with E-state index in [1.54, 1.807) is 12.1 Å². The van der Waals surface area contributed by atoms with Gasteiger partial charge in [-0.1, -0.05) is 12.1 Å². The third-order valence-corrected chi connectivity index (χ3v) is 5.31. The van der Waals surface area contributed by atoms with E-state index in [0.29, 0.717) is 36.6 Å². The molecule has 2 aliphatic rings. The molecule has 1 saturated heterocycles. The maximum atomic E-state index is 12.8. The Kier molecular flexibility index (Phi) is 5.43. The lowest BCUT2D eigenvalue weighted by Crippen LogP contribution is -2.23. The van der Waals surface area contributed by atoms with Crippen LogP contribution in [0.15, 0.2) is 36.4 Å². The molecule has 6 nitrogen and oxygen atoms in total. The van der Waals surface area contributed by atoms with Crippen molar-refractivity contribution in [3.05, 3.63) is 53.1 Å². The standard InChI is InChI=1S/C23H26N2O4/c1-3-28-21-12-18-11-15(2)29-20(18)13-19(21)24-23(27)17-8-6-16(7-9-17)14-25-10-4-5-22(25)26/h6-9,12-13,15H,3-5,10-11,14H2,1-2H3,(H,24,27). The number of nitrogens with one attached hydrogen (secondary N) is 1. The lowest BCUT2D eigenvalue weighted by atomic mass is 10.1. The van der Waals surface area contributed by atoms with E-state index < -0.39 is 0 Å². The summed E-state index contributed by atoms with van der Waals surface area (Å²) in [5.74, 6) is 1.44. The van der Waals surface area contributed by atoms with Crippen LogP contribution in [0.3, 0.4) is 0 Å². The maximum absolute atomic E-state index is 12.8. The fourth-order valence-electron chi connectivity index (χ4n) is 3.86. The molecule has 1 atom stereocenters. The van der Waals surface area contributed by atoms with Crippen molar-refractivity contribution in [2.75, 3.05) is 18.5 Å². The summed E-state index contributed by atoms with van der Waals surface area (Å²) in [5.41, 5.74) is 3.28. The Balaban J connectivity index is 1.47. The van der Waals surface area contributed by atoms with Crippen molar-refractivity contribution < 1.29 is 19.1 Å². The topological polar surface area (TPSA) is 67.9 Å². The number of carbonyl (C=O) groups excluding carboxylic acids is 2. The molecule has 0 aliphatic carbocycles. The highest BCUT2D eigenvalue weighted by Gasteiger charge is 2.23. The zero-order valence-corrected chi connectivity index (χ0v) is 16.9. The first kappa shape index (κ1) is 19.3. The van der Waals surface area contributed by atoms with Gasteiger partial charge in [-0.2, -0.15) is 0 Å². The summed E-state index contributed by atoms with van der Waals surface area (Å²) in [6.45, 7) is 5.86. The van der Waals surface area contributed by atoms with Gasteiger partial charge in [-0.25, -0.2) is 0 Å². The van der Waals surface area contributed by atoms with Crippen LogP contribution in [0.5, 0.6) is 11.5 Å². The van der Waals surface area contributed by atoms with Crippen LogP contribution in [0.1, 0.15) is 48.2 Å². The summed E-state index contributed by atoms with van der Waals surface area (Å²) in [5, 5.41) is 2.95. The summed E-state index contributed by atoms with van der Waals surface area (Å²) in [6.07, 6.45) is 2.52. The van der Waals surface area contributed by atoms with E-state index in [1.807, 2.05) is 43.0 Å². The molecule has 2 aliphatic heterocycles. The van der Waals surface area contributed by atoms with E-state index in [2.05, 4.69) is 5.32 Å². The molecule has 1 fully saturated rings. The Labute approximate surface area is 170 Å². The van der Waals surface area contributed by atoms with Crippen LogP contribution < -0.4 is 14.8 Å². The Bertz CT molecular complexity index is 923. The molecule has 2 aromatic carbocycles. The van der Waals surface area contributed by atoms with Gasteiger partial charge < -0.3 is 19.7 Å². The molecule has 29 heavy (non-hydrogen) atoms. The fraction of sp³-hybridized carbons (Fsp3) is 0.391. The molecule has 4 rings (SSSR count). The minimum atomic E-state index is -0.208. The van der Waals surface area contributed by atoms with Gasteiger partial charge in [-0.15, -0.1) is 0 Å². The number of ether oxygens (including phenoxy) is 2. The maximum Gasteiger partial charge on any atom is 0.255 e. The largest absolute Gasteiger partial charge is 0.492 e. The van der Waals surface area contributed by atoms with E-state index in [9.17, 15) is 9.59 Å². The first-order valence-electron chi connectivity index (χ1n) is 10.2. The van der Waals surface area contributed by atoms with Crippen LogP contribution in [0.4, 0.5) is 5.69 Å². The van der Waals surface area contributed by atoms with Crippen molar-refractivity contribution in [1.29, 1.82) is 0 Å². The van der Waals surface area contributed by atoms with Crippen LogP contribution in [-0.2, 0) is 17.8 Å². The average molecular weight is 394 g/mol. The number of carbonyl (C=O) groups is 2. The first-order chi connectivity index (χ1) is 14.0. The molecule has 6 heteroatoms. The van der Waals surface area contributed by atoms with Crippen LogP contribution in [0.2, 0.25) is 0 Å². The minimum absolute atomic E-state index is 0.125. The van der Waals surface area contributed by atoms with E-state index in [0.717, 1.165) is 36.3 Å². The van der Waals surface area contributed by atoms with Gasteiger partial charge in [0.2, 0.25) is 5.91 Å². The van der Waals surface area contributed by atoms with Crippen LogP contribution in [0.25, 0.3) is 0 Å². The normalized spacial score (nSPS) is 17.8. The average Bonchev–Trinajstić information content (AvgIpc) is 3.26. The summed E-state index contributed by atoms with van der Waals surface area (Å²) in [4.78, 5) is 26.4. The minimum Gasteiger partial charge on any atom is -0.492 e. The van der Waals surface area contributed by atoms with Crippen molar-refractivity contribution in [2.24, 2.45) is 0 Å². The van der Waals surface area contributed by atoms with E-state index in [4.69, 9.17) is 9.47 Å². The SMILES string of the molecule is CCOc1cc2c(cc1NC(=O)c1ccc(CN3CCCC3=O)cc1)OC(C)C2. The van der Waals surface area contributed by atoms with Crippen LogP contribution >= 0.6 is 0 Å². The van der Waals surface area contributed by atoms with Crippen molar-refractivity contribution in [3.63, 3.8) is 0 Å². The smallest absolute Gasteiger partial charge is 0.255 e. The molecule has 1 N–H and O–H groups in total. The summed E-state index contributed by atoms with van der Waals surface area (Å²) >= 11 is 0. The molecule has 2 aromatic rings. The van der Waals surface area contributed by atoms with Crippen molar-refractivity contribution in [2.45, 2.75) is 45.8 Å². The van der Waals surface area contributed by atoms with Gasteiger partial charge in [0, 0.05) is 43.1 Å². The zero-order chi connectivity index (χ0) is 20.4. The van der Waals surface area contributed by atoms with Crippen molar-refractivity contribution in [3.8, 4) is 11.5 Å². The zero-order valence-electron chi connectivity index (χ0n) is 16.9. The number of benzene rings is 2. The summed E-state index contributed by atoms with van der Waals surface area (Å²) in [7, 11) is 0. The van der Waals surface area contributed by atoms with E-state index in [1.165, 1.54) is 0 Å². The molecule has 152 valence electrons. The van der Waals surface area contributed by atoms with Gasteiger partial charge in [0.1, 0.15) is 17.6 Å². The predicted molar refractivity (Wildman–Crippen MR) is 110 cm³/mol. The highest BCUT2D eigenvalue weighted by molar-refractivity contribution is 6.05. The third-order valence-electron chi connectivity index (χ3n) is 5.31. The Hall–Kier alpha value is -3.02. The highest BCUT2D eigenvalue weighted by Crippen LogP contribution is 2.38. The number of fused-ring (bicyclic) bond motifs is 1. The van der Waals surface area contributed by atoms with Crippen LogP contribution in [0, 0.1) is 0 Å². The Morgan fingerprint density at radius 2 is 2.07 bits per heavy atom. The van der Waals surface area contributed by atoms with Crippen molar-refractivity contribution >= 4 is 17.5 Å². The van der Waals surface area contributed by atoms with Gasteiger partial charge in [0.25, 0.3) is 5.91 Å². The number of nitrogens with zero attached hydrogens (tertiary/aromatic N) is 1. The van der Waals surface area contributed by atoms with Gasteiger partial charge in [-0.05, 0) is 44.0 Å². The quantitative estimate of drug-likeness (QED) is 0.810. The molecule has 2 heterocycles. The van der Waals surface area contributed by atoms with Crippen LogP contribution in [-0.4, -0.2) is 36.0 Å². The van der Waals surface area contributed by atoms with E-state index >= 15 is 0 Å². The molecule has 0 spiro atoms. The Morgan fingerprint density at radius 3 is 2.76 bits per heavy atom. The molecule has 0 aromatic heterocycles. The molecule has 0 bridgehead atoms. The number of likely N-dealkylation sites (tertiary alicyclic amines) is 1. The second kappa shape index (κ2) is 8.15. The van der Waals surface area contributed by atoms with Crippen molar-refractivity contribution in [1.82, 2.24) is 4.90 Å². The lowest BCUT2D eigenvalue weighted by molar-refractivity contribution is -0.128. The summed E-state index contributed by atoms with van der Waals surface area (Å²) in [6, 6.07) is 11.2. The lowest BCUT2D eigenvalue weighted by Gasteiger charge is -2.16. The van der Waals surface area contributed by atoms with Gasteiger partial charge in [0.05, 0.1) is 12.3 Å². The number of hydrogen-bond donors (Lipinski definition) is 1. The van der Waals surface area contributed by atoms with Gasteiger partial charge in [0.15, 0.2) is 0 Å². The van der Waals surface area contributed by atoms with E-state index in [-0.39, 0.29) is 17.9 Å². The number of anilines is 1. The molecule has 2 amide bonds. The predicted octanol–water partition coefficient (Wildman–Crippen LogP) is 3.78. The second-order valence-electron chi connectivity index (χ2n) is 7.59. The molecule has 1 unspecified atom stereocenters. The second-order valence-corrected chi connectivity index (χ2v) is 7.59. The molecule has 0 saturated carbocycles. The number of amides is 2.